The Morgan fingerprint density at radius 3 is 2.80 bits per heavy atom. The molecule has 2 aromatic heterocycles. The SMILES string of the molecule is CC1CN(c2nc(N)nc(-n3cncn3)n2)CCC1O. The van der Waals surface area contributed by atoms with Gasteiger partial charge in [0, 0.05) is 13.1 Å². The van der Waals surface area contributed by atoms with Crippen molar-refractivity contribution in [1.29, 1.82) is 0 Å². The van der Waals surface area contributed by atoms with Crippen molar-refractivity contribution >= 4 is 11.9 Å². The minimum absolute atomic E-state index is 0.138. The Balaban J connectivity index is 1.90. The Morgan fingerprint density at radius 1 is 1.30 bits per heavy atom. The molecule has 9 nitrogen and oxygen atoms in total. The largest absolute Gasteiger partial charge is 0.393 e. The van der Waals surface area contributed by atoms with Crippen molar-refractivity contribution in [2.45, 2.75) is 19.4 Å². The Morgan fingerprint density at radius 2 is 2.10 bits per heavy atom. The highest BCUT2D eigenvalue weighted by Crippen LogP contribution is 2.21. The monoisotopic (exact) mass is 276 g/mol. The maximum atomic E-state index is 9.77. The molecule has 0 aliphatic carbocycles. The number of nitrogens with zero attached hydrogens (tertiary/aromatic N) is 7. The van der Waals surface area contributed by atoms with Crippen LogP contribution in [-0.4, -0.2) is 54.0 Å². The fraction of sp³-hybridized carbons (Fsp3) is 0.545. The van der Waals surface area contributed by atoms with Crippen LogP contribution >= 0.6 is 0 Å². The van der Waals surface area contributed by atoms with E-state index in [1.165, 1.54) is 17.3 Å². The number of hydrogen-bond acceptors (Lipinski definition) is 8. The maximum absolute atomic E-state index is 9.77. The van der Waals surface area contributed by atoms with Gasteiger partial charge >= 0.3 is 0 Å². The van der Waals surface area contributed by atoms with E-state index in [4.69, 9.17) is 5.73 Å². The molecule has 106 valence electrons. The van der Waals surface area contributed by atoms with Gasteiger partial charge in [0.2, 0.25) is 11.9 Å². The van der Waals surface area contributed by atoms with Gasteiger partial charge in [0.05, 0.1) is 6.10 Å². The van der Waals surface area contributed by atoms with E-state index in [1.54, 1.807) is 0 Å². The van der Waals surface area contributed by atoms with Gasteiger partial charge < -0.3 is 15.7 Å². The van der Waals surface area contributed by atoms with Crippen molar-refractivity contribution in [3.05, 3.63) is 12.7 Å². The van der Waals surface area contributed by atoms with Crippen LogP contribution in [0.1, 0.15) is 13.3 Å². The average Bonchev–Trinajstić information content (AvgIpc) is 2.95. The van der Waals surface area contributed by atoms with Crippen molar-refractivity contribution in [1.82, 2.24) is 29.7 Å². The first-order valence-corrected chi connectivity index (χ1v) is 6.43. The number of nitrogen functional groups attached to an aromatic ring is 1. The lowest BCUT2D eigenvalue weighted by molar-refractivity contribution is 0.0966. The standard InChI is InChI=1S/C11H16N8O/c1-7-4-18(3-2-8(7)20)10-15-9(12)16-11(17-10)19-6-13-5-14-19/h5-8,20H,2-4H2,1H3,(H2,12,15,16,17). The van der Waals surface area contributed by atoms with Crippen molar-refractivity contribution in [2.75, 3.05) is 23.7 Å². The Kier molecular flexibility index (Phi) is 3.18. The lowest BCUT2D eigenvalue weighted by atomic mass is 9.97. The average molecular weight is 276 g/mol. The Hall–Kier alpha value is -2.29. The normalized spacial score (nSPS) is 23.0. The maximum Gasteiger partial charge on any atom is 0.258 e. The number of anilines is 2. The summed E-state index contributed by atoms with van der Waals surface area (Å²) in [6.45, 7) is 3.37. The van der Waals surface area contributed by atoms with Gasteiger partial charge in [0.1, 0.15) is 12.7 Å². The Bertz CT molecular complexity index is 586. The van der Waals surface area contributed by atoms with Crippen LogP contribution in [0.2, 0.25) is 0 Å². The minimum Gasteiger partial charge on any atom is -0.393 e. The second-order valence-electron chi connectivity index (χ2n) is 4.91. The van der Waals surface area contributed by atoms with Crippen LogP contribution in [0.25, 0.3) is 5.95 Å². The number of aliphatic hydroxyl groups is 1. The third-order valence-corrected chi connectivity index (χ3v) is 3.40. The molecule has 1 fully saturated rings. The van der Waals surface area contributed by atoms with E-state index in [1.807, 2.05) is 11.8 Å². The number of nitrogens with two attached hydrogens (primary N) is 1. The molecule has 2 atom stereocenters. The fourth-order valence-electron chi connectivity index (χ4n) is 2.24. The first-order chi connectivity index (χ1) is 9.63. The first-order valence-electron chi connectivity index (χ1n) is 6.43. The van der Waals surface area contributed by atoms with Gasteiger partial charge in [-0.2, -0.15) is 24.7 Å². The van der Waals surface area contributed by atoms with Gasteiger partial charge in [-0.25, -0.2) is 4.98 Å². The summed E-state index contributed by atoms with van der Waals surface area (Å²) in [5, 5.41) is 13.8. The van der Waals surface area contributed by atoms with E-state index in [0.717, 1.165) is 0 Å². The summed E-state index contributed by atoms with van der Waals surface area (Å²) in [6.07, 6.45) is 3.31. The summed E-state index contributed by atoms with van der Waals surface area (Å²) in [5.41, 5.74) is 5.73. The molecule has 0 bridgehead atoms. The topological polar surface area (TPSA) is 119 Å². The third kappa shape index (κ3) is 2.39. The molecule has 1 saturated heterocycles. The second kappa shape index (κ2) is 5.00. The van der Waals surface area contributed by atoms with Crippen molar-refractivity contribution < 1.29 is 5.11 Å². The van der Waals surface area contributed by atoms with Crippen molar-refractivity contribution in [3.63, 3.8) is 0 Å². The third-order valence-electron chi connectivity index (χ3n) is 3.40. The predicted molar refractivity (Wildman–Crippen MR) is 71.2 cm³/mol. The molecule has 0 spiro atoms. The summed E-state index contributed by atoms with van der Waals surface area (Å²) in [5.74, 6) is 1.14. The highest BCUT2D eigenvalue weighted by molar-refractivity contribution is 5.38. The summed E-state index contributed by atoms with van der Waals surface area (Å²) in [4.78, 5) is 18.4. The number of aliphatic hydroxyl groups excluding tert-OH is 1. The first kappa shape index (κ1) is 12.7. The molecule has 3 N–H and O–H groups in total. The molecular weight excluding hydrogens is 260 g/mol. The van der Waals surface area contributed by atoms with E-state index >= 15 is 0 Å². The molecular formula is C11H16N8O. The van der Waals surface area contributed by atoms with E-state index in [9.17, 15) is 5.11 Å². The van der Waals surface area contributed by atoms with Crippen LogP contribution < -0.4 is 10.6 Å². The number of piperidine rings is 1. The summed E-state index contributed by atoms with van der Waals surface area (Å²) in [7, 11) is 0. The molecule has 0 amide bonds. The smallest absolute Gasteiger partial charge is 0.258 e. The number of hydrogen-bond donors (Lipinski definition) is 2. The van der Waals surface area contributed by atoms with Gasteiger partial charge in [-0.05, 0) is 12.3 Å². The van der Waals surface area contributed by atoms with Gasteiger partial charge in [-0.15, -0.1) is 0 Å². The molecule has 2 aromatic rings. The number of aromatic nitrogens is 6. The lowest BCUT2D eigenvalue weighted by Gasteiger charge is -2.34. The molecule has 20 heavy (non-hydrogen) atoms. The van der Waals surface area contributed by atoms with Gasteiger partial charge in [0.15, 0.2) is 0 Å². The molecule has 0 saturated carbocycles. The van der Waals surface area contributed by atoms with E-state index in [-0.39, 0.29) is 18.0 Å². The zero-order chi connectivity index (χ0) is 14.1. The van der Waals surface area contributed by atoms with Crippen LogP contribution in [0.3, 0.4) is 0 Å². The van der Waals surface area contributed by atoms with E-state index in [2.05, 4.69) is 25.0 Å². The van der Waals surface area contributed by atoms with Crippen LogP contribution in [-0.2, 0) is 0 Å². The zero-order valence-corrected chi connectivity index (χ0v) is 11.1. The predicted octanol–water partition coefficient (Wildman–Crippen LogP) is -0.758. The van der Waals surface area contributed by atoms with Crippen molar-refractivity contribution in [3.8, 4) is 5.95 Å². The number of rotatable bonds is 2. The molecule has 3 rings (SSSR count). The van der Waals surface area contributed by atoms with Gasteiger partial charge in [-0.3, -0.25) is 0 Å². The van der Waals surface area contributed by atoms with E-state index in [0.29, 0.717) is 31.4 Å². The van der Waals surface area contributed by atoms with Crippen LogP contribution in [0.15, 0.2) is 12.7 Å². The van der Waals surface area contributed by atoms with Crippen molar-refractivity contribution in [2.24, 2.45) is 5.92 Å². The molecule has 2 unspecified atom stereocenters. The lowest BCUT2D eigenvalue weighted by Crippen LogP contribution is -2.43. The molecule has 0 radical (unpaired) electrons. The molecule has 0 aromatic carbocycles. The van der Waals surface area contributed by atoms with E-state index < -0.39 is 0 Å². The van der Waals surface area contributed by atoms with Gasteiger partial charge in [0.25, 0.3) is 5.95 Å². The molecule has 1 aliphatic rings. The summed E-state index contributed by atoms with van der Waals surface area (Å²) in [6, 6.07) is 0. The molecule has 3 heterocycles. The minimum atomic E-state index is -0.278. The van der Waals surface area contributed by atoms with Crippen LogP contribution in [0.4, 0.5) is 11.9 Å². The van der Waals surface area contributed by atoms with Crippen LogP contribution in [0.5, 0.6) is 0 Å². The molecule has 9 heteroatoms. The fourth-order valence-corrected chi connectivity index (χ4v) is 2.24. The second-order valence-corrected chi connectivity index (χ2v) is 4.91. The molecule has 1 aliphatic heterocycles. The highest BCUT2D eigenvalue weighted by atomic mass is 16.3. The Labute approximate surface area is 115 Å². The zero-order valence-electron chi connectivity index (χ0n) is 11.1. The van der Waals surface area contributed by atoms with Crippen LogP contribution in [0, 0.1) is 5.92 Å². The highest BCUT2D eigenvalue weighted by Gasteiger charge is 2.26. The van der Waals surface area contributed by atoms with Gasteiger partial charge in [-0.1, -0.05) is 6.92 Å². The quantitative estimate of drug-likeness (QED) is 0.734. The summed E-state index contributed by atoms with van der Waals surface area (Å²) >= 11 is 0. The summed E-state index contributed by atoms with van der Waals surface area (Å²) < 4.78 is 1.43.